The first-order chi connectivity index (χ1) is 42.6. The molecule has 2 heterocycles. The second-order valence-corrected chi connectivity index (χ2v) is 40.0. The molecule has 0 spiro atoms. The Labute approximate surface area is 541 Å². The number of ether oxygens (including phenoxy) is 1. The SMILES string of the molecule is CC(C)(C)[Si](C)(C)O[C@@H](c1ccccc1-c1ccc(Cl)cc1)C1CCN(c2ccc(C(=O)NS(=O)(=O)c3ccc(NC(CCN4CCOC(CO[Si](c5ccccc5)(c5ccccc5)C(C)(C)C)C4)CSc4ccccc4)c(S(=O)(=O)C(F)(F)F)c3)cc2)CC1. The van der Waals surface area contributed by atoms with Gasteiger partial charge in [0.05, 0.1) is 36.0 Å². The number of sulfonamides is 1. The molecular formula is C69H82ClF3N4O8S3Si2. The van der Waals surface area contributed by atoms with E-state index >= 15 is 0 Å². The highest BCUT2D eigenvalue weighted by atomic mass is 35.5. The Morgan fingerprint density at radius 2 is 1.32 bits per heavy atom. The van der Waals surface area contributed by atoms with Gasteiger partial charge in [-0.2, -0.15) is 13.2 Å². The number of nitrogens with zero attached hydrogens (tertiary/aromatic N) is 2. The first-order valence-electron chi connectivity index (χ1n) is 30.5. The largest absolute Gasteiger partial charge is 0.501 e. The predicted molar refractivity (Wildman–Crippen MR) is 363 cm³/mol. The third kappa shape index (κ3) is 16.2. The number of halogens is 4. The van der Waals surface area contributed by atoms with Gasteiger partial charge in [0.2, 0.25) is 0 Å². The molecule has 12 nitrogen and oxygen atoms in total. The molecule has 0 bridgehead atoms. The van der Waals surface area contributed by atoms with Crippen LogP contribution >= 0.6 is 23.4 Å². The molecule has 2 saturated heterocycles. The first kappa shape index (κ1) is 68.6. The molecule has 0 aromatic heterocycles. The van der Waals surface area contributed by atoms with E-state index in [2.05, 4.69) is 112 Å². The summed E-state index contributed by atoms with van der Waals surface area (Å²) < 4.78 is 122. The van der Waals surface area contributed by atoms with Crippen LogP contribution in [0.25, 0.3) is 11.1 Å². The number of sulfone groups is 1. The van der Waals surface area contributed by atoms with Crippen LogP contribution in [0.2, 0.25) is 28.2 Å². The molecule has 7 aromatic rings. The second kappa shape index (κ2) is 28.6. The number of morpholine rings is 1. The normalized spacial score (nSPS) is 16.8. The molecule has 2 aliphatic heterocycles. The number of piperidine rings is 1. The maximum absolute atomic E-state index is 14.7. The van der Waals surface area contributed by atoms with Crippen LogP contribution < -0.4 is 25.3 Å². The van der Waals surface area contributed by atoms with Crippen LogP contribution in [-0.2, 0) is 33.4 Å². The quantitative estimate of drug-likeness (QED) is 0.0465. The summed E-state index contributed by atoms with van der Waals surface area (Å²) >= 11 is 7.74. The van der Waals surface area contributed by atoms with E-state index in [9.17, 15) is 34.8 Å². The summed E-state index contributed by atoms with van der Waals surface area (Å²) in [6.07, 6.45) is 1.48. The van der Waals surface area contributed by atoms with Gasteiger partial charge in [0.15, 0.2) is 8.32 Å². The van der Waals surface area contributed by atoms with Gasteiger partial charge < -0.3 is 23.8 Å². The van der Waals surface area contributed by atoms with E-state index in [0.717, 1.165) is 62.6 Å². The standard InChI is InChI=1S/C69H82ClF3N4O8S3Si2/c1-67(2,3)89(7,8)85-65(62-27-19-18-26-61(62)50-28-32-53(70)33-29-50)51-38-42-77(43-39-51)55-34-30-52(31-35-55)66(78)75-88(81,82)58-36-37-63(64(46-58)87(79,80)69(71,72)73)74-54(49-86-57-20-12-9-13-21-57)40-41-76-44-45-83-56(47-76)48-84-90(68(4,5)6,59-22-14-10-15-23-59)60-24-16-11-17-25-60/h9-37,46,51,54,56,65,74H,38-45,47-49H2,1-8H3,(H,75,78)/t54?,56?,65-/m1/s1. The average Bonchev–Trinajstić information content (AvgIpc) is 0.853. The van der Waals surface area contributed by atoms with E-state index in [1.807, 2.05) is 102 Å². The molecule has 2 aliphatic rings. The van der Waals surface area contributed by atoms with E-state index in [1.54, 1.807) is 12.1 Å². The van der Waals surface area contributed by atoms with Gasteiger partial charge in [0, 0.05) is 65.7 Å². The predicted octanol–water partition coefficient (Wildman–Crippen LogP) is 14.6. The molecule has 480 valence electrons. The number of carbonyl (C=O) groups excluding carboxylic acids is 1. The van der Waals surface area contributed by atoms with Gasteiger partial charge in [-0.15, -0.1) is 11.8 Å². The monoisotopic (exact) mass is 1340 g/mol. The summed E-state index contributed by atoms with van der Waals surface area (Å²) in [4.78, 5) is 16.9. The van der Waals surface area contributed by atoms with Crippen LogP contribution in [0.5, 0.6) is 0 Å². The smallest absolute Gasteiger partial charge is 0.410 e. The Bertz CT molecular complexity index is 3730. The lowest BCUT2D eigenvalue weighted by Crippen LogP contribution is -2.67. The van der Waals surface area contributed by atoms with Crippen LogP contribution in [0.1, 0.15) is 82.8 Å². The molecule has 2 N–H and O–H groups in total. The Balaban J connectivity index is 0.887. The van der Waals surface area contributed by atoms with Crippen LogP contribution in [0.15, 0.2) is 197 Å². The average molecular weight is 1340 g/mol. The van der Waals surface area contributed by atoms with Crippen molar-refractivity contribution in [2.24, 2.45) is 5.92 Å². The highest BCUT2D eigenvalue weighted by Gasteiger charge is 2.51. The van der Waals surface area contributed by atoms with Gasteiger partial charge >= 0.3 is 5.51 Å². The van der Waals surface area contributed by atoms with E-state index < -0.39 is 69.4 Å². The lowest BCUT2D eigenvalue weighted by Gasteiger charge is -2.44. The molecule has 0 aliphatic carbocycles. The maximum atomic E-state index is 14.7. The van der Waals surface area contributed by atoms with Gasteiger partial charge in [-0.1, -0.05) is 168 Å². The van der Waals surface area contributed by atoms with Gasteiger partial charge in [-0.05, 0) is 142 Å². The summed E-state index contributed by atoms with van der Waals surface area (Å²) in [5, 5.41) is 5.73. The third-order valence-corrected chi connectivity index (χ3v) is 31.4. The summed E-state index contributed by atoms with van der Waals surface area (Å²) in [5.41, 5.74) is -2.18. The molecule has 2 unspecified atom stereocenters. The van der Waals surface area contributed by atoms with E-state index in [0.29, 0.717) is 69.2 Å². The lowest BCUT2D eigenvalue weighted by atomic mass is 9.84. The van der Waals surface area contributed by atoms with Crippen LogP contribution in [0.3, 0.4) is 0 Å². The molecule has 90 heavy (non-hydrogen) atoms. The molecule has 0 radical (unpaired) electrons. The van der Waals surface area contributed by atoms with Crippen molar-refractivity contribution in [3.8, 4) is 11.1 Å². The highest BCUT2D eigenvalue weighted by Crippen LogP contribution is 2.47. The Morgan fingerprint density at radius 1 is 0.733 bits per heavy atom. The number of alkyl halides is 3. The number of rotatable bonds is 23. The fourth-order valence-electron chi connectivity index (χ4n) is 11.7. The van der Waals surface area contributed by atoms with Crippen LogP contribution in [0, 0.1) is 5.92 Å². The fourth-order valence-corrected chi connectivity index (χ4v) is 20.8. The van der Waals surface area contributed by atoms with Crippen molar-refractivity contribution in [2.45, 2.75) is 122 Å². The molecule has 21 heteroatoms. The van der Waals surface area contributed by atoms with Gasteiger partial charge in [0.25, 0.3) is 34.1 Å². The van der Waals surface area contributed by atoms with Crippen molar-refractivity contribution < 1.29 is 48.4 Å². The van der Waals surface area contributed by atoms with Crippen molar-refractivity contribution in [1.82, 2.24) is 9.62 Å². The maximum Gasteiger partial charge on any atom is 0.501 e. The number of carbonyl (C=O) groups is 1. The minimum Gasteiger partial charge on any atom is -0.410 e. The number of thioether (sulfide) groups is 1. The Morgan fingerprint density at radius 3 is 1.91 bits per heavy atom. The van der Waals surface area contributed by atoms with E-state index in [4.69, 9.17) is 25.2 Å². The van der Waals surface area contributed by atoms with Gasteiger partial charge in [0.1, 0.15) is 4.90 Å². The van der Waals surface area contributed by atoms with E-state index in [-0.39, 0.29) is 33.8 Å². The second-order valence-electron chi connectivity index (χ2n) is 25.8. The summed E-state index contributed by atoms with van der Waals surface area (Å²) in [7, 11) is -16.3. The minimum atomic E-state index is -6.16. The summed E-state index contributed by atoms with van der Waals surface area (Å²) in [6, 6.07) is 54.6. The van der Waals surface area contributed by atoms with Crippen LogP contribution in [0.4, 0.5) is 24.5 Å². The minimum absolute atomic E-state index is 0.0302. The van der Waals surface area contributed by atoms with Crippen molar-refractivity contribution >= 4 is 87.5 Å². The molecule has 9 rings (SSSR count). The van der Waals surface area contributed by atoms with E-state index in [1.165, 1.54) is 23.9 Å². The van der Waals surface area contributed by atoms with Crippen LogP contribution in [-0.4, -0.2) is 114 Å². The Hall–Kier alpha value is -5.79. The zero-order chi connectivity index (χ0) is 64.7. The fraction of sp³-hybridized carbons (Fsp3) is 0.377. The third-order valence-electron chi connectivity index (χ3n) is 17.7. The Kier molecular flexibility index (Phi) is 21.8. The number of hydrogen-bond acceptors (Lipinski definition) is 12. The molecule has 0 saturated carbocycles. The zero-order valence-corrected chi connectivity index (χ0v) is 57.5. The van der Waals surface area contributed by atoms with Crippen molar-refractivity contribution in [3.63, 3.8) is 0 Å². The lowest BCUT2D eigenvalue weighted by molar-refractivity contribution is -0.0498. The number of anilines is 2. The molecule has 2 fully saturated rings. The topological polar surface area (TPSA) is 144 Å². The zero-order valence-electron chi connectivity index (χ0n) is 52.3. The van der Waals surface area contributed by atoms with Gasteiger partial charge in [-0.3, -0.25) is 9.69 Å². The summed E-state index contributed by atoms with van der Waals surface area (Å²) in [6.45, 7) is 21.5. The number of hydrogen-bond donors (Lipinski definition) is 2. The number of benzene rings is 7. The highest BCUT2D eigenvalue weighted by molar-refractivity contribution is 7.99. The molecular weight excluding hydrogens is 1260 g/mol. The summed E-state index contributed by atoms with van der Waals surface area (Å²) in [5.74, 6) is -0.563. The molecule has 1 amide bonds. The van der Waals surface area contributed by atoms with Crippen molar-refractivity contribution in [2.75, 3.05) is 61.9 Å². The number of nitrogens with one attached hydrogen (secondary N) is 2. The molecule has 7 aromatic carbocycles. The van der Waals surface area contributed by atoms with Crippen molar-refractivity contribution in [3.05, 3.63) is 198 Å². The van der Waals surface area contributed by atoms with Crippen molar-refractivity contribution in [1.29, 1.82) is 0 Å². The molecule has 3 atom stereocenters. The first-order valence-corrected chi connectivity index (χ1v) is 39.6. The number of amides is 1. The van der Waals surface area contributed by atoms with Gasteiger partial charge in [-0.25, -0.2) is 21.6 Å².